The van der Waals surface area contributed by atoms with Crippen LogP contribution in [0.25, 0.3) is 0 Å². The number of nitrogens with two attached hydrogens (primary N) is 1. The Bertz CT molecular complexity index is 585. The third kappa shape index (κ3) is 3.52. The maximum atomic E-state index is 12.1. The third-order valence-corrected chi connectivity index (χ3v) is 2.89. The van der Waals surface area contributed by atoms with Crippen molar-refractivity contribution in [3.8, 4) is 0 Å². The van der Waals surface area contributed by atoms with Crippen molar-refractivity contribution in [1.82, 2.24) is 15.3 Å². The average Bonchev–Trinajstić information content (AvgIpc) is 2.48. The Morgan fingerprint density at radius 3 is 2.80 bits per heavy atom. The number of rotatable bonds is 5. The van der Waals surface area contributed by atoms with Gasteiger partial charge in [0.1, 0.15) is 0 Å². The number of amides is 1. The molecule has 0 unspecified atom stereocenters. The first-order valence-corrected chi connectivity index (χ1v) is 6.31. The lowest BCUT2D eigenvalue weighted by Gasteiger charge is -2.10. The lowest BCUT2D eigenvalue weighted by molar-refractivity contribution is 0.0954. The molecule has 0 aromatic carbocycles. The number of aromatic nitrogens is 2. The molecule has 0 saturated carbocycles. The molecule has 0 bridgehead atoms. The van der Waals surface area contributed by atoms with E-state index in [-0.39, 0.29) is 5.91 Å². The zero-order valence-electron chi connectivity index (χ0n) is 11.3. The summed E-state index contributed by atoms with van der Waals surface area (Å²) >= 11 is 0. The maximum Gasteiger partial charge on any atom is 0.255 e. The number of carbonyl (C=O) groups is 1. The summed E-state index contributed by atoms with van der Waals surface area (Å²) in [5.41, 5.74) is 5.44. The molecule has 0 aliphatic rings. The van der Waals surface area contributed by atoms with Crippen LogP contribution in [0.15, 0.2) is 36.8 Å². The minimum absolute atomic E-state index is 0.195. The van der Waals surface area contributed by atoms with Crippen LogP contribution >= 0.6 is 0 Å². The molecule has 0 aliphatic heterocycles. The van der Waals surface area contributed by atoms with E-state index in [4.69, 9.17) is 5.84 Å². The van der Waals surface area contributed by atoms with Gasteiger partial charge in [-0.3, -0.25) is 20.6 Å². The molecule has 2 rings (SSSR count). The van der Waals surface area contributed by atoms with Gasteiger partial charge < -0.3 is 10.7 Å². The summed E-state index contributed by atoms with van der Waals surface area (Å²) in [5.74, 6) is 5.22. The van der Waals surface area contributed by atoms with Crippen LogP contribution in [0.4, 0.5) is 5.69 Å². The highest BCUT2D eigenvalue weighted by molar-refractivity contribution is 5.99. The van der Waals surface area contributed by atoms with E-state index in [1.165, 1.54) is 6.20 Å². The van der Waals surface area contributed by atoms with Crippen LogP contribution in [0.5, 0.6) is 0 Å². The number of anilines is 1. The van der Waals surface area contributed by atoms with Crippen LogP contribution in [-0.4, -0.2) is 22.4 Å². The lowest BCUT2D eigenvalue weighted by Crippen LogP contribution is -2.27. The van der Waals surface area contributed by atoms with Gasteiger partial charge in [0.05, 0.1) is 11.3 Å². The quantitative estimate of drug-likeness (QED) is 0.558. The smallest absolute Gasteiger partial charge is 0.255 e. The molecule has 2 aromatic heterocycles. The fraction of sp³-hybridized carbons (Fsp3) is 0.214. The molecule has 20 heavy (non-hydrogen) atoms. The molecule has 0 saturated heterocycles. The Labute approximate surface area is 117 Å². The molecule has 6 nitrogen and oxygen atoms in total. The van der Waals surface area contributed by atoms with Crippen molar-refractivity contribution in [2.75, 3.05) is 12.0 Å². The normalized spacial score (nSPS) is 10.1. The molecular weight excluding hydrogens is 254 g/mol. The van der Waals surface area contributed by atoms with Crippen LogP contribution in [0.1, 0.15) is 21.6 Å². The lowest BCUT2D eigenvalue weighted by atomic mass is 10.2. The van der Waals surface area contributed by atoms with Gasteiger partial charge in [0, 0.05) is 30.8 Å². The van der Waals surface area contributed by atoms with Gasteiger partial charge in [-0.15, -0.1) is 0 Å². The molecule has 6 heteroatoms. The minimum atomic E-state index is -0.195. The van der Waals surface area contributed by atoms with Crippen LogP contribution in [0.3, 0.4) is 0 Å². The summed E-state index contributed by atoms with van der Waals surface area (Å²) in [6, 6.07) is 5.58. The van der Waals surface area contributed by atoms with E-state index in [2.05, 4.69) is 20.7 Å². The summed E-state index contributed by atoms with van der Waals surface area (Å²) in [5, 5.41) is 2.85. The van der Waals surface area contributed by atoms with E-state index < -0.39 is 0 Å². The van der Waals surface area contributed by atoms with Crippen molar-refractivity contribution in [3.63, 3.8) is 0 Å². The summed E-state index contributed by atoms with van der Waals surface area (Å²) < 4.78 is 0. The molecule has 0 aliphatic carbocycles. The maximum absolute atomic E-state index is 12.1. The molecule has 104 valence electrons. The Morgan fingerprint density at radius 1 is 1.35 bits per heavy atom. The minimum Gasteiger partial charge on any atom is -0.352 e. The molecule has 1 amide bonds. The third-order valence-electron chi connectivity index (χ3n) is 2.89. The fourth-order valence-corrected chi connectivity index (χ4v) is 1.83. The van der Waals surface area contributed by atoms with Gasteiger partial charge >= 0.3 is 0 Å². The summed E-state index contributed by atoms with van der Waals surface area (Å²) in [6.45, 7) is 2.38. The van der Waals surface area contributed by atoms with E-state index >= 15 is 0 Å². The molecule has 0 spiro atoms. The number of aryl methyl sites for hydroxylation is 1. The number of hydrogen-bond acceptors (Lipinski definition) is 5. The van der Waals surface area contributed by atoms with Crippen molar-refractivity contribution in [3.05, 3.63) is 53.6 Å². The number of nitrogen functional groups attached to an aromatic ring is 1. The van der Waals surface area contributed by atoms with Crippen molar-refractivity contribution >= 4 is 11.6 Å². The Morgan fingerprint density at radius 2 is 2.10 bits per heavy atom. The Balaban J connectivity index is 1.95. The van der Waals surface area contributed by atoms with E-state index in [1.54, 1.807) is 18.5 Å². The molecular formula is C14H17N5O. The molecule has 0 radical (unpaired) electrons. The van der Waals surface area contributed by atoms with Gasteiger partial charge in [-0.1, -0.05) is 0 Å². The Kier molecular flexibility index (Phi) is 4.62. The zero-order chi connectivity index (χ0) is 14.4. The predicted molar refractivity (Wildman–Crippen MR) is 77.1 cm³/mol. The zero-order valence-corrected chi connectivity index (χ0v) is 11.3. The van der Waals surface area contributed by atoms with Crippen molar-refractivity contribution in [1.29, 1.82) is 0 Å². The SMILES string of the molecule is Cc1cc(NN)c(C(=O)NCCc2ccncc2)cn1. The van der Waals surface area contributed by atoms with Gasteiger partial charge in [0.25, 0.3) is 5.91 Å². The number of pyridine rings is 2. The highest BCUT2D eigenvalue weighted by Gasteiger charge is 2.11. The van der Waals surface area contributed by atoms with Gasteiger partial charge in [0.15, 0.2) is 0 Å². The van der Waals surface area contributed by atoms with E-state index in [0.29, 0.717) is 17.8 Å². The first-order valence-electron chi connectivity index (χ1n) is 6.31. The second kappa shape index (κ2) is 6.63. The van der Waals surface area contributed by atoms with Crippen molar-refractivity contribution < 1.29 is 4.79 Å². The molecule has 4 N–H and O–H groups in total. The number of nitrogens with one attached hydrogen (secondary N) is 2. The van der Waals surface area contributed by atoms with Crippen LogP contribution < -0.4 is 16.6 Å². The number of hydrazine groups is 1. The van der Waals surface area contributed by atoms with Gasteiger partial charge in [0.2, 0.25) is 0 Å². The van der Waals surface area contributed by atoms with Crippen LogP contribution in [0, 0.1) is 6.92 Å². The summed E-state index contributed by atoms with van der Waals surface area (Å²) in [7, 11) is 0. The Hall–Kier alpha value is -2.47. The highest BCUT2D eigenvalue weighted by Crippen LogP contribution is 2.14. The van der Waals surface area contributed by atoms with Gasteiger partial charge in [-0.25, -0.2) is 0 Å². The molecule has 0 fully saturated rings. The second-order valence-corrected chi connectivity index (χ2v) is 4.38. The molecule has 2 heterocycles. The number of nitrogens with zero attached hydrogens (tertiary/aromatic N) is 2. The fourth-order valence-electron chi connectivity index (χ4n) is 1.83. The molecule has 0 atom stereocenters. The average molecular weight is 271 g/mol. The predicted octanol–water partition coefficient (Wildman–Crippen LogP) is 1.04. The number of carbonyl (C=O) groups excluding carboxylic acids is 1. The van der Waals surface area contributed by atoms with Crippen LogP contribution in [0.2, 0.25) is 0 Å². The van der Waals surface area contributed by atoms with Crippen molar-refractivity contribution in [2.24, 2.45) is 5.84 Å². The second-order valence-electron chi connectivity index (χ2n) is 4.38. The monoisotopic (exact) mass is 271 g/mol. The summed E-state index contributed by atoms with van der Waals surface area (Å²) in [4.78, 5) is 20.1. The first-order chi connectivity index (χ1) is 9.70. The van der Waals surface area contributed by atoms with E-state index in [9.17, 15) is 4.79 Å². The van der Waals surface area contributed by atoms with Crippen molar-refractivity contribution in [2.45, 2.75) is 13.3 Å². The summed E-state index contributed by atoms with van der Waals surface area (Å²) in [6.07, 6.45) is 5.74. The number of hydrogen-bond donors (Lipinski definition) is 3. The topological polar surface area (TPSA) is 92.9 Å². The molecule has 2 aromatic rings. The van der Waals surface area contributed by atoms with Gasteiger partial charge in [-0.05, 0) is 37.1 Å². The van der Waals surface area contributed by atoms with Crippen LogP contribution in [-0.2, 0) is 6.42 Å². The first kappa shape index (κ1) is 14.0. The standard InChI is InChI=1S/C14H17N5O/c1-10-8-13(19-15)12(9-18-10)14(20)17-7-4-11-2-5-16-6-3-11/h2-3,5-6,8-9H,4,7,15H2,1H3,(H,17,20)(H,18,19). The largest absolute Gasteiger partial charge is 0.352 e. The van der Waals surface area contributed by atoms with Gasteiger partial charge in [-0.2, -0.15) is 0 Å². The van der Waals surface area contributed by atoms with E-state index in [1.807, 2.05) is 19.1 Å². The highest BCUT2D eigenvalue weighted by atomic mass is 16.1. The van der Waals surface area contributed by atoms with E-state index in [0.717, 1.165) is 17.7 Å².